The number of hydrogen-bond donors (Lipinski definition) is 0. The molecule has 0 aliphatic heterocycles. The summed E-state index contributed by atoms with van der Waals surface area (Å²) in [6.45, 7) is 1.78. The molecule has 0 atom stereocenters. The molecule has 3 rings (SSSR count). The standard InChI is InChI=1S/C9H7N5O/c1-6-11-9(15-13-6)7-2-3-14-5-10-12-8(14)4-7/h2-5H,1H3. The Morgan fingerprint density at radius 2 is 2.33 bits per heavy atom. The number of nitrogens with zero attached hydrogens (tertiary/aromatic N) is 5. The molecule has 0 aromatic carbocycles. The van der Waals surface area contributed by atoms with Crippen molar-refractivity contribution in [1.29, 1.82) is 0 Å². The van der Waals surface area contributed by atoms with Crippen LogP contribution >= 0.6 is 0 Å². The molecule has 6 nitrogen and oxygen atoms in total. The molecular weight excluding hydrogens is 194 g/mol. The Morgan fingerprint density at radius 1 is 1.40 bits per heavy atom. The molecule has 0 radical (unpaired) electrons. The monoisotopic (exact) mass is 201 g/mol. The molecule has 3 aromatic rings. The fourth-order valence-corrected chi connectivity index (χ4v) is 1.36. The molecule has 0 saturated carbocycles. The van der Waals surface area contributed by atoms with Crippen molar-refractivity contribution in [1.82, 2.24) is 24.7 Å². The summed E-state index contributed by atoms with van der Waals surface area (Å²) in [5, 5.41) is 11.5. The molecule has 0 saturated heterocycles. The van der Waals surface area contributed by atoms with Crippen LogP contribution in [0.15, 0.2) is 29.2 Å². The molecule has 0 N–H and O–H groups in total. The van der Waals surface area contributed by atoms with E-state index in [0.29, 0.717) is 11.7 Å². The van der Waals surface area contributed by atoms with E-state index in [1.165, 1.54) is 0 Å². The van der Waals surface area contributed by atoms with E-state index < -0.39 is 0 Å². The molecule has 15 heavy (non-hydrogen) atoms. The lowest BCUT2D eigenvalue weighted by Crippen LogP contribution is -1.84. The van der Waals surface area contributed by atoms with Crippen LogP contribution in [0.5, 0.6) is 0 Å². The predicted molar refractivity (Wildman–Crippen MR) is 51.0 cm³/mol. The Morgan fingerprint density at radius 3 is 3.13 bits per heavy atom. The Hall–Kier alpha value is -2.24. The number of aromatic nitrogens is 5. The lowest BCUT2D eigenvalue weighted by atomic mass is 10.2. The number of pyridine rings is 1. The van der Waals surface area contributed by atoms with Gasteiger partial charge in [0.1, 0.15) is 6.33 Å². The summed E-state index contributed by atoms with van der Waals surface area (Å²) in [7, 11) is 0. The van der Waals surface area contributed by atoms with Gasteiger partial charge in [0.25, 0.3) is 5.89 Å². The average molecular weight is 201 g/mol. The maximum atomic E-state index is 5.06. The fourth-order valence-electron chi connectivity index (χ4n) is 1.36. The minimum atomic E-state index is 0.498. The minimum absolute atomic E-state index is 0.498. The van der Waals surface area contributed by atoms with Crippen molar-refractivity contribution in [3.63, 3.8) is 0 Å². The van der Waals surface area contributed by atoms with Crippen LogP contribution in [0.2, 0.25) is 0 Å². The van der Waals surface area contributed by atoms with Gasteiger partial charge in [0.2, 0.25) is 0 Å². The maximum absolute atomic E-state index is 5.06. The van der Waals surface area contributed by atoms with Crippen molar-refractivity contribution in [2.24, 2.45) is 0 Å². The van der Waals surface area contributed by atoms with E-state index in [1.807, 2.05) is 22.7 Å². The first-order valence-corrected chi connectivity index (χ1v) is 4.43. The van der Waals surface area contributed by atoms with Crippen molar-refractivity contribution >= 4 is 5.65 Å². The van der Waals surface area contributed by atoms with E-state index in [4.69, 9.17) is 4.52 Å². The third kappa shape index (κ3) is 1.26. The molecular formula is C9H7N5O. The van der Waals surface area contributed by atoms with E-state index in [-0.39, 0.29) is 0 Å². The summed E-state index contributed by atoms with van der Waals surface area (Å²) in [6.07, 6.45) is 3.49. The molecule has 3 aromatic heterocycles. The average Bonchev–Trinajstić information content (AvgIpc) is 2.84. The molecule has 0 bridgehead atoms. The second-order valence-corrected chi connectivity index (χ2v) is 3.16. The van der Waals surface area contributed by atoms with Gasteiger partial charge >= 0.3 is 0 Å². The topological polar surface area (TPSA) is 69.1 Å². The largest absolute Gasteiger partial charge is 0.334 e. The highest BCUT2D eigenvalue weighted by molar-refractivity contribution is 5.59. The Balaban J connectivity index is 2.18. The maximum Gasteiger partial charge on any atom is 0.258 e. The third-order valence-corrected chi connectivity index (χ3v) is 2.07. The zero-order valence-electron chi connectivity index (χ0n) is 7.95. The van der Waals surface area contributed by atoms with Crippen molar-refractivity contribution in [3.8, 4) is 11.5 Å². The fraction of sp³-hybridized carbons (Fsp3) is 0.111. The molecule has 0 spiro atoms. The highest BCUT2D eigenvalue weighted by Crippen LogP contribution is 2.17. The van der Waals surface area contributed by atoms with Gasteiger partial charge in [0, 0.05) is 11.8 Å². The molecule has 74 valence electrons. The first-order chi connectivity index (χ1) is 7.33. The van der Waals surface area contributed by atoms with Crippen LogP contribution in [0.25, 0.3) is 17.1 Å². The lowest BCUT2D eigenvalue weighted by molar-refractivity contribution is 0.425. The van der Waals surface area contributed by atoms with Gasteiger partial charge in [0.05, 0.1) is 0 Å². The molecule has 0 aliphatic carbocycles. The number of hydrogen-bond acceptors (Lipinski definition) is 5. The number of fused-ring (bicyclic) bond motifs is 1. The van der Waals surface area contributed by atoms with Gasteiger partial charge in [-0.25, -0.2) is 0 Å². The van der Waals surface area contributed by atoms with Gasteiger partial charge in [-0.15, -0.1) is 10.2 Å². The molecule has 0 unspecified atom stereocenters. The van der Waals surface area contributed by atoms with Crippen LogP contribution in [0.3, 0.4) is 0 Å². The Bertz CT molecular complexity index is 612. The van der Waals surface area contributed by atoms with E-state index in [2.05, 4.69) is 20.3 Å². The summed E-state index contributed by atoms with van der Waals surface area (Å²) in [4.78, 5) is 4.14. The summed E-state index contributed by atoms with van der Waals surface area (Å²) in [6, 6.07) is 3.73. The summed E-state index contributed by atoms with van der Waals surface area (Å²) >= 11 is 0. The lowest BCUT2D eigenvalue weighted by Gasteiger charge is -1.94. The van der Waals surface area contributed by atoms with Crippen LogP contribution in [0.1, 0.15) is 5.82 Å². The Labute approximate surface area is 84.6 Å². The van der Waals surface area contributed by atoms with Crippen LogP contribution in [-0.2, 0) is 0 Å². The van der Waals surface area contributed by atoms with Crippen molar-refractivity contribution in [3.05, 3.63) is 30.5 Å². The first kappa shape index (κ1) is 8.10. The predicted octanol–water partition coefficient (Wildman–Crippen LogP) is 1.09. The van der Waals surface area contributed by atoms with Crippen LogP contribution in [0, 0.1) is 6.92 Å². The van der Waals surface area contributed by atoms with E-state index >= 15 is 0 Å². The van der Waals surface area contributed by atoms with Crippen LogP contribution < -0.4 is 0 Å². The molecule has 3 heterocycles. The third-order valence-electron chi connectivity index (χ3n) is 2.07. The Kier molecular flexibility index (Phi) is 1.55. The quantitative estimate of drug-likeness (QED) is 0.589. The summed E-state index contributed by atoms with van der Waals surface area (Å²) in [5.41, 5.74) is 1.60. The number of aryl methyl sites for hydroxylation is 1. The van der Waals surface area contributed by atoms with Gasteiger partial charge < -0.3 is 4.52 Å². The van der Waals surface area contributed by atoms with Crippen molar-refractivity contribution in [2.45, 2.75) is 6.92 Å². The zero-order chi connectivity index (χ0) is 10.3. The van der Waals surface area contributed by atoms with Gasteiger partial charge in [0.15, 0.2) is 11.5 Å². The van der Waals surface area contributed by atoms with Crippen molar-refractivity contribution < 1.29 is 4.52 Å². The normalized spacial score (nSPS) is 11.0. The first-order valence-electron chi connectivity index (χ1n) is 4.43. The zero-order valence-corrected chi connectivity index (χ0v) is 7.95. The van der Waals surface area contributed by atoms with Gasteiger partial charge in [-0.1, -0.05) is 5.16 Å². The van der Waals surface area contributed by atoms with Gasteiger partial charge in [-0.2, -0.15) is 4.98 Å². The second-order valence-electron chi connectivity index (χ2n) is 3.16. The van der Waals surface area contributed by atoms with Crippen LogP contribution in [-0.4, -0.2) is 24.7 Å². The molecule has 0 aliphatic rings. The second kappa shape index (κ2) is 2.88. The summed E-state index contributed by atoms with van der Waals surface area (Å²) < 4.78 is 6.87. The van der Waals surface area contributed by atoms with Crippen LogP contribution in [0.4, 0.5) is 0 Å². The van der Waals surface area contributed by atoms with E-state index in [9.17, 15) is 0 Å². The molecule has 0 fully saturated rings. The molecule has 6 heteroatoms. The molecule has 0 amide bonds. The number of rotatable bonds is 1. The smallest absolute Gasteiger partial charge is 0.258 e. The minimum Gasteiger partial charge on any atom is -0.334 e. The van der Waals surface area contributed by atoms with Crippen molar-refractivity contribution in [2.75, 3.05) is 0 Å². The van der Waals surface area contributed by atoms with Gasteiger partial charge in [-0.05, 0) is 19.1 Å². The highest BCUT2D eigenvalue weighted by Gasteiger charge is 2.07. The van der Waals surface area contributed by atoms with Gasteiger partial charge in [-0.3, -0.25) is 4.40 Å². The highest BCUT2D eigenvalue weighted by atomic mass is 16.5. The van der Waals surface area contributed by atoms with E-state index in [0.717, 1.165) is 11.2 Å². The summed E-state index contributed by atoms with van der Waals surface area (Å²) in [5.74, 6) is 1.12. The van der Waals surface area contributed by atoms with E-state index in [1.54, 1.807) is 13.3 Å². The SMILES string of the molecule is Cc1noc(-c2ccn3cnnc3c2)n1.